The van der Waals surface area contributed by atoms with Crippen LogP contribution in [0.2, 0.25) is 0 Å². The summed E-state index contributed by atoms with van der Waals surface area (Å²) in [6, 6.07) is 8.63. The zero-order chi connectivity index (χ0) is 15.0. The van der Waals surface area contributed by atoms with Crippen LogP contribution in [0.3, 0.4) is 0 Å². The zero-order valence-electron chi connectivity index (χ0n) is 13.0. The number of carbonyl (C=O) groups is 1. The van der Waals surface area contributed by atoms with Crippen molar-refractivity contribution in [2.75, 3.05) is 18.0 Å². The van der Waals surface area contributed by atoms with Crippen molar-refractivity contribution in [2.24, 2.45) is 5.73 Å². The summed E-state index contributed by atoms with van der Waals surface area (Å²) in [5.74, 6) is 0. The maximum atomic E-state index is 12.5. The van der Waals surface area contributed by atoms with Crippen molar-refractivity contribution in [3.8, 4) is 0 Å². The number of carbonyl (C=O) groups excluding carboxylic acids is 1. The van der Waals surface area contributed by atoms with Crippen LogP contribution in [0.15, 0.2) is 24.3 Å². The Morgan fingerprint density at radius 3 is 2.52 bits per heavy atom. The van der Waals surface area contributed by atoms with Gasteiger partial charge in [0, 0.05) is 30.4 Å². The average Bonchev–Trinajstić information content (AvgIpc) is 3.06. The number of nitrogens with zero attached hydrogens (tertiary/aromatic N) is 2. The average molecular weight is 287 g/mol. The highest BCUT2D eigenvalue weighted by molar-refractivity contribution is 5.94. The normalized spacial score (nSPS) is 21.6. The van der Waals surface area contributed by atoms with E-state index in [9.17, 15) is 4.79 Å². The first kappa shape index (κ1) is 14.4. The Kier molecular flexibility index (Phi) is 3.66. The predicted octanol–water partition coefficient (Wildman–Crippen LogP) is 3.07. The van der Waals surface area contributed by atoms with E-state index >= 15 is 0 Å². The summed E-state index contributed by atoms with van der Waals surface area (Å²) in [7, 11) is 0. The summed E-state index contributed by atoms with van der Waals surface area (Å²) < 4.78 is 0. The number of nitrogens with two attached hydrogens (primary N) is 1. The minimum atomic E-state index is -0.198. The lowest BCUT2D eigenvalue weighted by Crippen LogP contribution is -2.36. The second-order valence-electron chi connectivity index (χ2n) is 6.63. The summed E-state index contributed by atoms with van der Waals surface area (Å²) in [5.41, 5.74) is 8.50. The molecule has 1 saturated heterocycles. The predicted molar refractivity (Wildman–Crippen MR) is 85.4 cm³/mol. The lowest BCUT2D eigenvalue weighted by atomic mass is 9.89. The minimum absolute atomic E-state index is 0.111. The molecule has 2 aliphatic rings. The highest BCUT2D eigenvalue weighted by atomic mass is 16.2. The van der Waals surface area contributed by atoms with Gasteiger partial charge in [-0.2, -0.15) is 0 Å². The first-order chi connectivity index (χ1) is 10.0. The fourth-order valence-corrected chi connectivity index (χ4v) is 3.55. The second-order valence-corrected chi connectivity index (χ2v) is 6.63. The van der Waals surface area contributed by atoms with Gasteiger partial charge in [0.1, 0.15) is 0 Å². The Bertz CT molecular complexity index is 535. The third kappa shape index (κ3) is 2.53. The van der Waals surface area contributed by atoms with E-state index in [1.807, 2.05) is 21.9 Å². The van der Waals surface area contributed by atoms with Gasteiger partial charge in [-0.05, 0) is 44.4 Å². The van der Waals surface area contributed by atoms with E-state index in [0.29, 0.717) is 0 Å². The summed E-state index contributed by atoms with van der Waals surface area (Å²) in [5, 5.41) is 0. The molecule has 1 heterocycles. The first-order valence-electron chi connectivity index (χ1n) is 7.99. The smallest absolute Gasteiger partial charge is 0.321 e. The van der Waals surface area contributed by atoms with Gasteiger partial charge in [0.2, 0.25) is 0 Å². The molecule has 4 nitrogen and oxygen atoms in total. The quantitative estimate of drug-likeness (QED) is 0.929. The molecule has 1 aromatic carbocycles. The topological polar surface area (TPSA) is 49.6 Å². The molecule has 1 aromatic rings. The molecule has 2 amide bonds. The summed E-state index contributed by atoms with van der Waals surface area (Å²) in [4.78, 5) is 16.3. The Morgan fingerprint density at radius 1 is 1.19 bits per heavy atom. The number of hydrogen-bond donors (Lipinski definition) is 1. The molecule has 0 unspecified atom stereocenters. The second kappa shape index (κ2) is 5.34. The Balaban J connectivity index is 1.85. The molecule has 4 heteroatoms. The Labute approximate surface area is 126 Å². The minimum Gasteiger partial charge on any atom is -0.321 e. The molecule has 114 valence electrons. The SMILES string of the molecule is CC(C)N1CCN(c2cccc(C3(N)CCCC3)c2)C1=O. The number of anilines is 1. The summed E-state index contributed by atoms with van der Waals surface area (Å²) in [6.07, 6.45) is 4.49. The Morgan fingerprint density at radius 2 is 1.90 bits per heavy atom. The third-order valence-electron chi connectivity index (χ3n) is 4.89. The van der Waals surface area contributed by atoms with Crippen LogP contribution in [-0.2, 0) is 5.54 Å². The highest BCUT2D eigenvalue weighted by Crippen LogP contribution is 2.37. The van der Waals surface area contributed by atoms with E-state index in [1.165, 1.54) is 18.4 Å². The van der Waals surface area contributed by atoms with Gasteiger partial charge in [-0.1, -0.05) is 25.0 Å². The molecule has 1 saturated carbocycles. The molecule has 21 heavy (non-hydrogen) atoms. The van der Waals surface area contributed by atoms with Gasteiger partial charge in [0.05, 0.1) is 0 Å². The van der Waals surface area contributed by atoms with Crippen molar-refractivity contribution < 1.29 is 4.79 Å². The molecule has 0 atom stereocenters. The van der Waals surface area contributed by atoms with Crippen LogP contribution < -0.4 is 10.6 Å². The maximum absolute atomic E-state index is 12.5. The van der Waals surface area contributed by atoms with Crippen molar-refractivity contribution in [1.82, 2.24) is 4.90 Å². The van der Waals surface area contributed by atoms with Gasteiger partial charge >= 0.3 is 6.03 Å². The van der Waals surface area contributed by atoms with Gasteiger partial charge in [-0.15, -0.1) is 0 Å². The zero-order valence-corrected chi connectivity index (χ0v) is 13.0. The van der Waals surface area contributed by atoms with Gasteiger partial charge in [0.15, 0.2) is 0 Å². The van der Waals surface area contributed by atoms with Crippen molar-refractivity contribution in [3.05, 3.63) is 29.8 Å². The van der Waals surface area contributed by atoms with Crippen molar-refractivity contribution in [2.45, 2.75) is 51.1 Å². The largest absolute Gasteiger partial charge is 0.324 e. The van der Waals surface area contributed by atoms with Crippen LogP contribution >= 0.6 is 0 Å². The molecule has 0 spiro atoms. The first-order valence-corrected chi connectivity index (χ1v) is 7.99. The monoisotopic (exact) mass is 287 g/mol. The van der Waals surface area contributed by atoms with Crippen LogP contribution in [0, 0.1) is 0 Å². The van der Waals surface area contributed by atoms with Gasteiger partial charge in [-0.3, -0.25) is 4.90 Å². The molecule has 2 fully saturated rings. The Hall–Kier alpha value is -1.55. The standard InChI is InChI=1S/C17H25N3O/c1-13(2)19-10-11-20(16(19)21)15-7-5-6-14(12-15)17(18)8-3-4-9-17/h5-7,12-13H,3-4,8-11,18H2,1-2H3. The van der Waals surface area contributed by atoms with Crippen molar-refractivity contribution in [1.29, 1.82) is 0 Å². The molecule has 0 bridgehead atoms. The molecule has 1 aliphatic heterocycles. The van der Waals surface area contributed by atoms with Crippen LogP contribution in [0.1, 0.15) is 45.1 Å². The lowest BCUT2D eigenvalue weighted by Gasteiger charge is -2.26. The van der Waals surface area contributed by atoms with Crippen LogP contribution in [-0.4, -0.2) is 30.1 Å². The number of rotatable bonds is 3. The van der Waals surface area contributed by atoms with Crippen LogP contribution in [0.4, 0.5) is 10.5 Å². The molecule has 1 aliphatic carbocycles. The van der Waals surface area contributed by atoms with Crippen molar-refractivity contribution in [3.63, 3.8) is 0 Å². The number of amides is 2. The maximum Gasteiger partial charge on any atom is 0.324 e. The molecule has 0 aromatic heterocycles. The molecule has 0 radical (unpaired) electrons. The van der Waals surface area contributed by atoms with Gasteiger partial charge in [-0.25, -0.2) is 4.79 Å². The molecular formula is C17H25N3O. The van der Waals surface area contributed by atoms with E-state index in [-0.39, 0.29) is 17.6 Å². The molecule has 3 rings (SSSR count). The summed E-state index contributed by atoms with van der Waals surface area (Å²) in [6.45, 7) is 5.68. The lowest BCUT2D eigenvalue weighted by molar-refractivity contribution is 0.209. The van der Waals surface area contributed by atoms with E-state index in [2.05, 4.69) is 26.0 Å². The fourth-order valence-electron chi connectivity index (χ4n) is 3.55. The number of urea groups is 1. The van der Waals surface area contributed by atoms with Crippen molar-refractivity contribution >= 4 is 11.7 Å². The van der Waals surface area contributed by atoms with Gasteiger partial charge in [0.25, 0.3) is 0 Å². The van der Waals surface area contributed by atoms with Crippen LogP contribution in [0.25, 0.3) is 0 Å². The van der Waals surface area contributed by atoms with E-state index in [0.717, 1.165) is 31.6 Å². The fraction of sp³-hybridized carbons (Fsp3) is 0.588. The van der Waals surface area contributed by atoms with Gasteiger partial charge < -0.3 is 10.6 Å². The van der Waals surface area contributed by atoms with E-state index in [1.54, 1.807) is 0 Å². The number of benzene rings is 1. The van der Waals surface area contributed by atoms with E-state index in [4.69, 9.17) is 5.73 Å². The highest BCUT2D eigenvalue weighted by Gasteiger charge is 2.34. The third-order valence-corrected chi connectivity index (χ3v) is 4.89. The number of hydrogen-bond acceptors (Lipinski definition) is 2. The molecule has 2 N–H and O–H groups in total. The molecular weight excluding hydrogens is 262 g/mol. The van der Waals surface area contributed by atoms with E-state index < -0.39 is 0 Å². The van der Waals surface area contributed by atoms with Crippen LogP contribution in [0.5, 0.6) is 0 Å². The summed E-state index contributed by atoms with van der Waals surface area (Å²) >= 11 is 0.